The third-order valence-corrected chi connectivity index (χ3v) is 9.14. The molecule has 2 atom stereocenters. The summed E-state index contributed by atoms with van der Waals surface area (Å²) in [6.45, 7) is 7.42. The van der Waals surface area contributed by atoms with E-state index in [0.717, 1.165) is 37.1 Å². The van der Waals surface area contributed by atoms with Crippen LogP contribution < -0.4 is 4.74 Å². The Hall–Kier alpha value is -3.13. The predicted molar refractivity (Wildman–Crippen MR) is 170 cm³/mol. The minimum absolute atomic E-state index is 0.116. The highest BCUT2D eigenvalue weighted by Crippen LogP contribution is 2.45. The topological polar surface area (TPSA) is 48.4 Å². The molecule has 3 aliphatic rings. The van der Waals surface area contributed by atoms with E-state index in [1.165, 1.54) is 25.0 Å². The largest absolute Gasteiger partial charge is 0.490 e. The fourth-order valence-corrected chi connectivity index (χ4v) is 6.82. The van der Waals surface area contributed by atoms with E-state index in [4.69, 9.17) is 32.9 Å². The molecule has 0 saturated carbocycles. The minimum Gasteiger partial charge on any atom is -0.490 e. The summed E-state index contributed by atoms with van der Waals surface area (Å²) in [5, 5.41) is 1.23. The first kappa shape index (κ1) is 29.9. The zero-order valence-electron chi connectivity index (χ0n) is 24.6. The SMILES string of the molecule is CC(C)Oc1cc(F)ccc1C1=NC(c2ccc(Cl)cc2)C(c2ccc(Cl)cc2)N1C(=O)N1CCC(N2CCCC2)CC1. The lowest BCUT2D eigenvalue weighted by Crippen LogP contribution is -2.52. The number of likely N-dealkylation sites (tertiary alicyclic amines) is 2. The number of hydrogen-bond donors (Lipinski definition) is 0. The van der Waals surface area contributed by atoms with E-state index in [9.17, 15) is 9.18 Å². The average Bonchev–Trinajstić information content (AvgIpc) is 3.67. The fraction of sp³-hybridized carbons (Fsp3) is 0.412. The number of amides is 2. The molecule has 0 radical (unpaired) electrons. The van der Waals surface area contributed by atoms with Gasteiger partial charge >= 0.3 is 6.03 Å². The van der Waals surface area contributed by atoms with Crippen molar-refractivity contribution in [2.24, 2.45) is 4.99 Å². The van der Waals surface area contributed by atoms with Crippen LogP contribution in [-0.4, -0.2) is 64.9 Å². The van der Waals surface area contributed by atoms with Crippen molar-refractivity contribution in [3.8, 4) is 5.75 Å². The molecule has 2 amide bonds. The van der Waals surface area contributed by atoms with Crippen molar-refractivity contribution in [3.63, 3.8) is 0 Å². The fourth-order valence-electron chi connectivity index (χ4n) is 6.57. The van der Waals surface area contributed by atoms with Gasteiger partial charge in [-0.1, -0.05) is 47.5 Å². The van der Waals surface area contributed by atoms with Gasteiger partial charge in [-0.2, -0.15) is 0 Å². The quantitative estimate of drug-likeness (QED) is 0.279. The highest BCUT2D eigenvalue weighted by molar-refractivity contribution is 6.30. The monoisotopic (exact) mass is 622 g/mol. The van der Waals surface area contributed by atoms with Gasteiger partial charge in [-0.25, -0.2) is 9.18 Å². The molecule has 6 rings (SSSR count). The van der Waals surface area contributed by atoms with Crippen molar-refractivity contribution >= 4 is 35.1 Å². The molecule has 0 aromatic heterocycles. The Kier molecular flexibility index (Phi) is 8.94. The highest BCUT2D eigenvalue weighted by Gasteiger charge is 2.45. The van der Waals surface area contributed by atoms with Gasteiger partial charge in [0.1, 0.15) is 23.4 Å². The standard InChI is InChI=1S/C34H37Cl2FN4O2/c1-22(2)43-30-21-27(37)13-14-29(30)33-38-31(23-5-9-25(35)10-6-23)32(24-7-11-26(36)12-8-24)41(33)34(42)40-19-15-28(16-20-40)39-17-3-4-18-39/h5-14,21-22,28,31-32H,3-4,15-20H2,1-2H3. The normalized spacial score (nSPS) is 21.5. The van der Waals surface area contributed by atoms with Crippen molar-refractivity contribution in [1.82, 2.24) is 14.7 Å². The number of halogens is 3. The Morgan fingerprint density at radius 2 is 1.49 bits per heavy atom. The Labute approximate surface area is 263 Å². The van der Waals surface area contributed by atoms with Crippen LogP contribution >= 0.6 is 23.2 Å². The Morgan fingerprint density at radius 3 is 2.09 bits per heavy atom. The molecule has 3 aromatic carbocycles. The second kappa shape index (κ2) is 12.8. The zero-order valence-corrected chi connectivity index (χ0v) is 26.1. The smallest absolute Gasteiger partial charge is 0.326 e. The van der Waals surface area contributed by atoms with Crippen molar-refractivity contribution in [2.45, 2.75) is 63.8 Å². The van der Waals surface area contributed by atoms with Gasteiger partial charge in [0.15, 0.2) is 0 Å². The number of ether oxygens (including phenoxy) is 1. The molecular formula is C34H37Cl2FN4O2. The van der Waals surface area contributed by atoms with Gasteiger partial charge in [-0.15, -0.1) is 0 Å². The van der Waals surface area contributed by atoms with E-state index >= 15 is 0 Å². The van der Waals surface area contributed by atoms with Gasteiger partial charge in [0.25, 0.3) is 0 Å². The number of nitrogens with zero attached hydrogens (tertiary/aromatic N) is 4. The maximum absolute atomic E-state index is 14.7. The molecule has 3 aromatic rings. The van der Waals surface area contributed by atoms with E-state index in [2.05, 4.69) is 4.90 Å². The summed E-state index contributed by atoms with van der Waals surface area (Å²) in [5.41, 5.74) is 2.39. The molecule has 226 valence electrons. The number of rotatable bonds is 6. The van der Waals surface area contributed by atoms with Crippen LogP contribution in [0.3, 0.4) is 0 Å². The first-order valence-electron chi connectivity index (χ1n) is 15.2. The number of carbonyl (C=O) groups is 1. The van der Waals surface area contributed by atoms with Gasteiger partial charge in [0, 0.05) is 35.2 Å². The minimum atomic E-state index is -0.464. The molecule has 0 aliphatic carbocycles. The molecular weight excluding hydrogens is 586 g/mol. The molecule has 3 heterocycles. The van der Waals surface area contributed by atoms with E-state index in [0.29, 0.717) is 46.3 Å². The van der Waals surface area contributed by atoms with Crippen LogP contribution in [0.5, 0.6) is 5.75 Å². The molecule has 2 saturated heterocycles. The lowest BCUT2D eigenvalue weighted by molar-refractivity contribution is 0.117. The second-order valence-corrected chi connectivity index (χ2v) is 12.7. The highest BCUT2D eigenvalue weighted by atomic mass is 35.5. The van der Waals surface area contributed by atoms with Gasteiger partial charge in [-0.3, -0.25) is 9.89 Å². The molecule has 2 unspecified atom stereocenters. The summed E-state index contributed by atoms with van der Waals surface area (Å²) in [5.74, 6) is 0.400. The van der Waals surface area contributed by atoms with Crippen LogP contribution in [0.15, 0.2) is 71.7 Å². The summed E-state index contributed by atoms with van der Waals surface area (Å²) < 4.78 is 20.6. The first-order chi connectivity index (χ1) is 20.8. The van der Waals surface area contributed by atoms with E-state index < -0.39 is 17.9 Å². The number of carbonyl (C=O) groups excluding carboxylic acids is 1. The van der Waals surface area contributed by atoms with Crippen LogP contribution in [0.1, 0.15) is 68.3 Å². The summed E-state index contributed by atoms with van der Waals surface area (Å²) in [4.78, 5) is 26.2. The van der Waals surface area contributed by atoms with Gasteiger partial charge in [0.05, 0.1) is 17.7 Å². The van der Waals surface area contributed by atoms with Gasteiger partial charge in [0.2, 0.25) is 0 Å². The van der Waals surface area contributed by atoms with Crippen molar-refractivity contribution < 1.29 is 13.9 Å². The van der Waals surface area contributed by atoms with Crippen LogP contribution in [0, 0.1) is 5.82 Å². The molecule has 43 heavy (non-hydrogen) atoms. The third-order valence-electron chi connectivity index (χ3n) is 8.64. The maximum Gasteiger partial charge on any atom is 0.326 e. The van der Waals surface area contributed by atoms with E-state index in [1.54, 1.807) is 11.0 Å². The van der Waals surface area contributed by atoms with Gasteiger partial charge < -0.3 is 14.5 Å². The Morgan fingerprint density at radius 1 is 0.884 bits per heavy atom. The summed E-state index contributed by atoms with van der Waals surface area (Å²) in [7, 11) is 0. The predicted octanol–water partition coefficient (Wildman–Crippen LogP) is 8.14. The Bertz CT molecular complexity index is 1470. The first-order valence-corrected chi connectivity index (χ1v) is 15.9. The maximum atomic E-state index is 14.7. The number of aliphatic imine (C=N–C) groups is 1. The molecule has 2 fully saturated rings. The average molecular weight is 624 g/mol. The van der Waals surface area contributed by atoms with Crippen LogP contribution in [0.25, 0.3) is 0 Å². The lowest BCUT2D eigenvalue weighted by atomic mass is 9.93. The summed E-state index contributed by atoms with van der Waals surface area (Å²) in [6, 6.07) is 19.1. The molecule has 0 spiro atoms. The Balaban J connectivity index is 1.43. The number of benzene rings is 3. The van der Waals surface area contributed by atoms with Crippen LogP contribution in [-0.2, 0) is 0 Å². The van der Waals surface area contributed by atoms with E-state index in [1.807, 2.05) is 67.3 Å². The molecule has 9 heteroatoms. The molecule has 3 aliphatic heterocycles. The molecule has 0 bridgehead atoms. The van der Waals surface area contributed by atoms with Crippen molar-refractivity contribution in [3.05, 3.63) is 99.3 Å². The second-order valence-electron chi connectivity index (χ2n) is 11.9. The third kappa shape index (κ3) is 6.40. The van der Waals surface area contributed by atoms with Crippen LogP contribution in [0.4, 0.5) is 9.18 Å². The number of hydrogen-bond acceptors (Lipinski definition) is 4. The number of piperidine rings is 1. The van der Waals surface area contributed by atoms with E-state index in [-0.39, 0.29) is 12.1 Å². The summed E-state index contributed by atoms with van der Waals surface area (Å²) >= 11 is 12.6. The van der Waals surface area contributed by atoms with Gasteiger partial charge in [-0.05, 0) is 100 Å². The number of amidine groups is 1. The summed E-state index contributed by atoms with van der Waals surface area (Å²) in [6.07, 6.45) is 4.18. The van der Waals surface area contributed by atoms with Crippen molar-refractivity contribution in [2.75, 3.05) is 26.2 Å². The molecule has 6 nitrogen and oxygen atoms in total. The number of urea groups is 1. The zero-order chi connectivity index (χ0) is 30.1. The van der Waals surface area contributed by atoms with Crippen molar-refractivity contribution in [1.29, 1.82) is 0 Å². The molecule has 0 N–H and O–H groups in total. The lowest BCUT2D eigenvalue weighted by Gasteiger charge is -2.40. The van der Waals surface area contributed by atoms with Crippen LogP contribution in [0.2, 0.25) is 10.0 Å².